The van der Waals surface area contributed by atoms with Crippen LogP contribution in [0, 0.1) is 0 Å². The Labute approximate surface area is 207 Å². The monoisotopic (exact) mass is 448 g/mol. The van der Waals surface area contributed by atoms with Crippen LogP contribution in [0.15, 0.2) is 121 Å². The Morgan fingerprint density at radius 3 is 1.54 bits per heavy atom. The van der Waals surface area contributed by atoms with Gasteiger partial charge in [0.2, 0.25) is 0 Å². The summed E-state index contributed by atoms with van der Waals surface area (Å²) < 4.78 is 0. The molecule has 0 aliphatic heterocycles. The van der Waals surface area contributed by atoms with Crippen LogP contribution in [0.25, 0.3) is 22.3 Å². The maximum Gasteiger partial charge on any atom is 0.0102 e. The van der Waals surface area contributed by atoms with E-state index in [1.165, 1.54) is 55.6 Å². The minimum Gasteiger partial charge on any atom is -0.0622 e. The average Bonchev–Trinajstić information content (AvgIpc) is 3.41. The van der Waals surface area contributed by atoms with E-state index in [0.717, 1.165) is 19.3 Å². The van der Waals surface area contributed by atoms with E-state index in [1.807, 2.05) is 0 Å². The van der Waals surface area contributed by atoms with Gasteiger partial charge in [-0.15, -0.1) is 0 Å². The van der Waals surface area contributed by atoms with Gasteiger partial charge in [-0.05, 0) is 74.9 Å². The molecule has 0 amide bonds. The van der Waals surface area contributed by atoms with E-state index in [0.29, 0.717) is 11.8 Å². The smallest absolute Gasteiger partial charge is 0.0102 e. The molecule has 0 N–H and O–H groups in total. The second-order valence-corrected chi connectivity index (χ2v) is 9.99. The predicted molar refractivity (Wildman–Crippen MR) is 146 cm³/mol. The largest absolute Gasteiger partial charge is 0.0622 e. The lowest BCUT2D eigenvalue weighted by Crippen LogP contribution is -2.03. The number of fused-ring (bicyclic) bond motifs is 6. The van der Waals surface area contributed by atoms with Crippen molar-refractivity contribution in [3.8, 4) is 22.3 Å². The summed E-state index contributed by atoms with van der Waals surface area (Å²) in [4.78, 5) is 0. The molecule has 0 spiro atoms. The Kier molecular flexibility index (Phi) is 4.91. The number of hydrogen-bond donors (Lipinski definition) is 0. The molecule has 0 aromatic heterocycles. The van der Waals surface area contributed by atoms with Gasteiger partial charge in [0.05, 0.1) is 0 Å². The zero-order valence-corrected chi connectivity index (χ0v) is 19.8. The van der Waals surface area contributed by atoms with Gasteiger partial charge in [0, 0.05) is 11.8 Å². The molecule has 1 atom stereocenters. The van der Waals surface area contributed by atoms with Crippen LogP contribution in [-0.4, -0.2) is 0 Å². The standard InChI is InChI=1S/C35H28/c1-2-11-24(12-3-1)23-25-13-10-20-34-32(30-18-8-9-19-33(30)35(25)34)22-21-31-28-16-6-4-14-26(28)27-15-5-7-17-29(27)31/h1-20,31-32H,21-23H2. The molecule has 0 bridgehead atoms. The summed E-state index contributed by atoms with van der Waals surface area (Å²) in [6.45, 7) is 0. The first-order valence-corrected chi connectivity index (χ1v) is 12.8. The van der Waals surface area contributed by atoms with Gasteiger partial charge in [0.15, 0.2) is 0 Å². The van der Waals surface area contributed by atoms with Crippen molar-refractivity contribution < 1.29 is 0 Å². The predicted octanol–water partition coefficient (Wildman–Crippen LogP) is 8.98. The summed E-state index contributed by atoms with van der Waals surface area (Å²) in [6.07, 6.45) is 3.30. The normalized spacial score (nSPS) is 15.4. The lowest BCUT2D eigenvalue weighted by Gasteiger charge is -2.19. The number of benzene rings is 5. The maximum absolute atomic E-state index is 2.38. The van der Waals surface area contributed by atoms with Crippen molar-refractivity contribution >= 4 is 0 Å². The van der Waals surface area contributed by atoms with Gasteiger partial charge < -0.3 is 0 Å². The molecule has 7 rings (SSSR count). The Bertz CT molecular complexity index is 1480. The third kappa shape index (κ3) is 3.36. The van der Waals surface area contributed by atoms with E-state index in [1.54, 1.807) is 0 Å². The van der Waals surface area contributed by atoms with Crippen LogP contribution in [0.3, 0.4) is 0 Å². The molecule has 2 aliphatic rings. The van der Waals surface area contributed by atoms with Gasteiger partial charge in [-0.3, -0.25) is 0 Å². The Morgan fingerprint density at radius 2 is 0.886 bits per heavy atom. The van der Waals surface area contributed by atoms with Crippen molar-refractivity contribution in [3.63, 3.8) is 0 Å². The molecule has 5 aromatic rings. The van der Waals surface area contributed by atoms with Crippen molar-refractivity contribution in [1.82, 2.24) is 0 Å². The second-order valence-electron chi connectivity index (χ2n) is 9.99. The van der Waals surface area contributed by atoms with E-state index in [-0.39, 0.29) is 0 Å². The van der Waals surface area contributed by atoms with Crippen LogP contribution >= 0.6 is 0 Å². The molecule has 35 heavy (non-hydrogen) atoms. The third-order valence-corrected chi connectivity index (χ3v) is 8.11. The van der Waals surface area contributed by atoms with Crippen molar-refractivity contribution in [1.29, 1.82) is 0 Å². The van der Waals surface area contributed by atoms with E-state index < -0.39 is 0 Å². The zero-order chi connectivity index (χ0) is 23.2. The molecular weight excluding hydrogens is 420 g/mol. The van der Waals surface area contributed by atoms with E-state index in [4.69, 9.17) is 0 Å². The maximum atomic E-state index is 2.38. The van der Waals surface area contributed by atoms with E-state index in [2.05, 4.69) is 121 Å². The summed E-state index contributed by atoms with van der Waals surface area (Å²) in [6, 6.07) is 45.0. The van der Waals surface area contributed by atoms with Crippen LogP contribution in [-0.2, 0) is 6.42 Å². The van der Waals surface area contributed by atoms with Gasteiger partial charge in [-0.2, -0.15) is 0 Å². The Morgan fingerprint density at radius 1 is 0.400 bits per heavy atom. The minimum absolute atomic E-state index is 0.455. The lowest BCUT2D eigenvalue weighted by atomic mass is 9.85. The highest BCUT2D eigenvalue weighted by atomic mass is 14.4. The van der Waals surface area contributed by atoms with E-state index in [9.17, 15) is 0 Å². The van der Waals surface area contributed by atoms with Gasteiger partial charge in [-0.25, -0.2) is 0 Å². The van der Waals surface area contributed by atoms with Crippen LogP contribution < -0.4 is 0 Å². The molecule has 0 nitrogen and oxygen atoms in total. The molecule has 5 aromatic carbocycles. The lowest BCUT2D eigenvalue weighted by molar-refractivity contribution is 0.626. The number of rotatable bonds is 5. The fraction of sp³-hybridized carbons (Fsp3) is 0.143. The molecule has 0 fully saturated rings. The Balaban J connectivity index is 1.26. The van der Waals surface area contributed by atoms with Crippen LogP contribution in [0.5, 0.6) is 0 Å². The van der Waals surface area contributed by atoms with Crippen molar-refractivity contribution in [2.45, 2.75) is 31.1 Å². The molecular formula is C35H28. The highest BCUT2D eigenvalue weighted by Crippen LogP contribution is 2.52. The van der Waals surface area contributed by atoms with Gasteiger partial charge in [0.25, 0.3) is 0 Å². The Hall–Kier alpha value is -3.90. The highest BCUT2D eigenvalue weighted by molar-refractivity contribution is 5.82. The van der Waals surface area contributed by atoms with E-state index >= 15 is 0 Å². The second kappa shape index (κ2) is 8.40. The molecule has 0 heteroatoms. The SMILES string of the molecule is c1ccc(Cc2cccc3c2-c2ccccc2C3CCC2c3ccccc3-c3ccccc32)cc1. The molecule has 0 saturated heterocycles. The molecule has 2 aliphatic carbocycles. The summed E-state index contributed by atoms with van der Waals surface area (Å²) in [5.74, 6) is 0.933. The van der Waals surface area contributed by atoms with Gasteiger partial charge in [-0.1, -0.05) is 121 Å². The summed E-state index contributed by atoms with van der Waals surface area (Å²) in [7, 11) is 0. The summed E-state index contributed by atoms with van der Waals surface area (Å²) in [5, 5.41) is 0. The molecule has 168 valence electrons. The molecule has 0 heterocycles. The minimum atomic E-state index is 0.455. The fourth-order valence-corrected chi connectivity index (χ4v) is 6.61. The molecule has 0 saturated carbocycles. The van der Waals surface area contributed by atoms with Gasteiger partial charge >= 0.3 is 0 Å². The first-order chi connectivity index (χ1) is 17.4. The molecule has 1 unspecified atom stereocenters. The quantitative estimate of drug-likeness (QED) is 0.252. The first-order valence-electron chi connectivity index (χ1n) is 12.8. The third-order valence-electron chi connectivity index (χ3n) is 8.11. The van der Waals surface area contributed by atoms with Crippen LogP contribution in [0.2, 0.25) is 0 Å². The average molecular weight is 449 g/mol. The summed E-state index contributed by atoms with van der Waals surface area (Å²) in [5.41, 5.74) is 14.6. The molecule has 0 radical (unpaired) electrons. The fourth-order valence-electron chi connectivity index (χ4n) is 6.61. The number of hydrogen-bond acceptors (Lipinski definition) is 0. The zero-order valence-electron chi connectivity index (χ0n) is 19.8. The van der Waals surface area contributed by atoms with Crippen molar-refractivity contribution in [3.05, 3.63) is 155 Å². The topological polar surface area (TPSA) is 0 Å². The van der Waals surface area contributed by atoms with Crippen LogP contribution in [0.4, 0.5) is 0 Å². The van der Waals surface area contributed by atoms with Crippen molar-refractivity contribution in [2.75, 3.05) is 0 Å². The highest BCUT2D eigenvalue weighted by Gasteiger charge is 2.33. The van der Waals surface area contributed by atoms with Crippen molar-refractivity contribution in [2.24, 2.45) is 0 Å². The summed E-state index contributed by atoms with van der Waals surface area (Å²) >= 11 is 0. The van der Waals surface area contributed by atoms with Gasteiger partial charge in [0.1, 0.15) is 0 Å². The van der Waals surface area contributed by atoms with Crippen LogP contribution in [0.1, 0.15) is 58.1 Å². The first kappa shape index (κ1) is 20.5.